The SMILES string of the molecule is CN(CCNC(=O)Nc1cccc(-n2[nH]nnc2=S)c1)N1CCCC1. The Balaban J connectivity index is 1.49. The first-order chi connectivity index (χ1) is 12.1. The molecule has 1 aliphatic rings. The van der Waals surface area contributed by atoms with E-state index in [-0.39, 0.29) is 6.03 Å². The van der Waals surface area contributed by atoms with Crippen LogP contribution in [0.1, 0.15) is 12.8 Å². The third-order valence-electron chi connectivity index (χ3n) is 4.12. The zero-order valence-corrected chi connectivity index (χ0v) is 14.9. The third-order valence-corrected chi connectivity index (χ3v) is 4.38. The van der Waals surface area contributed by atoms with Crippen molar-refractivity contribution in [1.29, 1.82) is 0 Å². The minimum absolute atomic E-state index is 0.238. The van der Waals surface area contributed by atoms with Crippen molar-refractivity contribution in [2.75, 3.05) is 38.5 Å². The number of hydrogen-bond acceptors (Lipinski definition) is 6. The highest BCUT2D eigenvalue weighted by atomic mass is 32.1. The number of tetrazole rings is 1. The van der Waals surface area contributed by atoms with E-state index in [1.807, 2.05) is 18.2 Å². The fourth-order valence-corrected chi connectivity index (χ4v) is 2.97. The number of nitrogens with zero attached hydrogens (tertiary/aromatic N) is 5. The summed E-state index contributed by atoms with van der Waals surface area (Å²) in [5.41, 5.74) is 1.42. The Kier molecular flexibility index (Phi) is 5.74. The third kappa shape index (κ3) is 4.62. The van der Waals surface area contributed by atoms with Crippen LogP contribution in [0.15, 0.2) is 24.3 Å². The van der Waals surface area contributed by atoms with Gasteiger partial charge >= 0.3 is 6.03 Å². The summed E-state index contributed by atoms with van der Waals surface area (Å²) in [6.07, 6.45) is 2.48. The molecule has 1 aromatic heterocycles. The van der Waals surface area contributed by atoms with Gasteiger partial charge in [-0.1, -0.05) is 16.4 Å². The Morgan fingerprint density at radius 3 is 2.92 bits per heavy atom. The first-order valence-electron chi connectivity index (χ1n) is 8.25. The first kappa shape index (κ1) is 17.5. The van der Waals surface area contributed by atoms with Crippen LogP contribution in [0, 0.1) is 4.77 Å². The number of carbonyl (C=O) groups is 1. The number of benzene rings is 1. The van der Waals surface area contributed by atoms with Crippen molar-refractivity contribution in [3.63, 3.8) is 0 Å². The summed E-state index contributed by atoms with van der Waals surface area (Å²) < 4.78 is 1.88. The van der Waals surface area contributed by atoms with E-state index < -0.39 is 0 Å². The number of amides is 2. The van der Waals surface area contributed by atoms with E-state index in [9.17, 15) is 4.79 Å². The fourth-order valence-electron chi connectivity index (χ4n) is 2.78. The van der Waals surface area contributed by atoms with Crippen LogP contribution in [0.25, 0.3) is 5.69 Å². The molecule has 9 nitrogen and oxygen atoms in total. The van der Waals surface area contributed by atoms with Gasteiger partial charge in [-0.05, 0) is 43.3 Å². The number of carbonyl (C=O) groups excluding carboxylic acids is 1. The summed E-state index contributed by atoms with van der Waals surface area (Å²) in [5.74, 6) is 0. The summed E-state index contributed by atoms with van der Waals surface area (Å²) >= 11 is 5.08. The van der Waals surface area contributed by atoms with Crippen molar-refractivity contribution in [3.8, 4) is 5.69 Å². The molecule has 0 radical (unpaired) electrons. The maximum absolute atomic E-state index is 12.1. The van der Waals surface area contributed by atoms with Gasteiger partial charge in [-0.3, -0.25) is 0 Å². The molecule has 0 saturated carbocycles. The van der Waals surface area contributed by atoms with Gasteiger partial charge < -0.3 is 10.6 Å². The van der Waals surface area contributed by atoms with Crippen molar-refractivity contribution in [3.05, 3.63) is 29.0 Å². The van der Waals surface area contributed by atoms with Gasteiger partial charge in [0.25, 0.3) is 0 Å². The van der Waals surface area contributed by atoms with Gasteiger partial charge in [0.2, 0.25) is 4.77 Å². The van der Waals surface area contributed by atoms with Gasteiger partial charge in [0.15, 0.2) is 0 Å². The molecule has 0 aliphatic carbocycles. The van der Waals surface area contributed by atoms with E-state index in [1.54, 1.807) is 10.7 Å². The minimum atomic E-state index is -0.238. The number of hydrogen-bond donors (Lipinski definition) is 3. The molecule has 0 bridgehead atoms. The molecule has 2 aromatic rings. The quantitative estimate of drug-likeness (QED) is 0.673. The summed E-state index contributed by atoms with van der Waals surface area (Å²) in [7, 11) is 2.05. The molecule has 0 unspecified atom stereocenters. The van der Waals surface area contributed by atoms with Gasteiger partial charge in [0, 0.05) is 38.9 Å². The Labute approximate surface area is 150 Å². The molecule has 0 spiro atoms. The molecule has 2 amide bonds. The predicted molar refractivity (Wildman–Crippen MR) is 97.0 cm³/mol. The van der Waals surface area contributed by atoms with Crippen molar-refractivity contribution < 1.29 is 4.79 Å². The number of hydrazine groups is 1. The molecule has 1 saturated heterocycles. The monoisotopic (exact) mass is 362 g/mol. The van der Waals surface area contributed by atoms with Crippen LogP contribution in [0.3, 0.4) is 0 Å². The van der Waals surface area contributed by atoms with Gasteiger partial charge in [0.1, 0.15) is 0 Å². The minimum Gasteiger partial charge on any atom is -0.337 e. The number of likely N-dealkylation sites (N-methyl/N-ethyl adjacent to an activating group) is 1. The number of rotatable bonds is 6. The number of H-pyrrole nitrogens is 1. The number of anilines is 1. The van der Waals surface area contributed by atoms with E-state index in [0.29, 0.717) is 17.0 Å². The maximum Gasteiger partial charge on any atom is 0.319 e. The molecule has 1 aliphatic heterocycles. The standard InChI is InChI=1S/C15H22N8OS/c1-21(22-8-2-3-9-22)10-7-16-14(24)17-12-5-4-6-13(11-12)23-15(25)18-19-20-23/h4-6,11H,2-3,7-10H2,1H3,(H2,16,17,24)(H,18,20,25). The second-order valence-corrected chi connectivity index (χ2v) is 6.26. The number of aromatic nitrogens is 4. The normalized spacial score (nSPS) is 14.8. The largest absolute Gasteiger partial charge is 0.337 e. The number of nitrogens with one attached hydrogen (secondary N) is 3. The number of aromatic amines is 1. The molecule has 1 fully saturated rings. The zero-order valence-electron chi connectivity index (χ0n) is 14.1. The second-order valence-electron chi connectivity index (χ2n) is 5.89. The molecular weight excluding hydrogens is 340 g/mol. The Morgan fingerprint density at radius 2 is 2.20 bits per heavy atom. The lowest BCUT2D eigenvalue weighted by Crippen LogP contribution is -2.43. The summed E-state index contributed by atoms with van der Waals surface area (Å²) in [6, 6.07) is 7.05. The fraction of sp³-hybridized carbons (Fsp3) is 0.467. The van der Waals surface area contributed by atoms with E-state index in [0.717, 1.165) is 25.3 Å². The van der Waals surface area contributed by atoms with E-state index in [4.69, 9.17) is 12.2 Å². The summed E-state index contributed by atoms with van der Waals surface area (Å²) in [5, 5.41) is 20.3. The molecule has 3 rings (SSSR count). The van der Waals surface area contributed by atoms with Gasteiger partial charge in [-0.25, -0.2) is 19.5 Å². The predicted octanol–water partition coefficient (Wildman–Crippen LogP) is 1.39. The topological polar surface area (TPSA) is 94.1 Å². The highest BCUT2D eigenvalue weighted by Gasteiger charge is 2.15. The smallest absolute Gasteiger partial charge is 0.319 e. The van der Waals surface area contributed by atoms with Crippen LogP contribution in [-0.4, -0.2) is 69.5 Å². The highest BCUT2D eigenvalue weighted by molar-refractivity contribution is 7.71. The van der Waals surface area contributed by atoms with Crippen LogP contribution in [0.4, 0.5) is 10.5 Å². The molecule has 0 atom stereocenters. The lowest BCUT2D eigenvalue weighted by molar-refractivity contribution is 0.0266. The van der Waals surface area contributed by atoms with Crippen LogP contribution in [-0.2, 0) is 0 Å². The van der Waals surface area contributed by atoms with Gasteiger partial charge in [0.05, 0.1) is 5.69 Å². The van der Waals surface area contributed by atoms with Crippen LogP contribution in [0.5, 0.6) is 0 Å². The maximum atomic E-state index is 12.1. The lowest BCUT2D eigenvalue weighted by Gasteiger charge is -2.27. The summed E-state index contributed by atoms with van der Waals surface area (Å²) in [6.45, 7) is 3.55. The van der Waals surface area contributed by atoms with Crippen LogP contribution in [0.2, 0.25) is 0 Å². The molecule has 25 heavy (non-hydrogen) atoms. The first-order valence-corrected chi connectivity index (χ1v) is 8.66. The lowest BCUT2D eigenvalue weighted by atomic mass is 10.3. The average Bonchev–Trinajstić information content (AvgIpc) is 3.26. The van der Waals surface area contributed by atoms with E-state index >= 15 is 0 Å². The summed E-state index contributed by atoms with van der Waals surface area (Å²) in [4.78, 5) is 12.1. The molecular formula is C15H22N8OS. The highest BCUT2D eigenvalue weighted by Crippen LogP contribution is 2.13. The molecule has 3 N–H and O–H groups in total. The average molecular weight is 362 g/mol. The molecule has 134 valence electrons. The van der Waals surface area contributed by atoms with Crippen LogP contribution >= 0.6 is 12.2 Å². The van der Waals surface area contributed by atoms with Gasteiger partial charge in [-0.2, -0.15) is 5.21 Å². The Hall–Kier alpha value is -2.30. The Morgan fingerprint density at radius 1 is 1.40 bits per heavy atom. The van der Waals surface area contributed by atoms with E-state index in [2.05, 4.69) is 43.2 Å². The van der Waals surface area contributed by atoms with Crippen molar-refractivity contribution in [2.45, 2.75) is 12.8 Å². The van der Waals surface area contributed by atoms with E-state index in [1.165, 1.54) is 12.8 Å². The number of urea groups is 1. The molecule has 10 heteroatoms. The van der Waals surface area contributed by atoms with Crippen molar-refractivity contribution in [2.24, 2.45) is 0 Å². The van der Waals surface area contributed by atoms with Crippen molar-refractivity contribution in [1.82, 2.24) is 35.5 Å². The second kappa shape index (κ2) is 8.19. The van der Waals surface area contributed by atoms with Crippen LogP contribution < -0.4 is 10.6 Å². The van der Waals surface area contributed by atoms with Crippen molar-refractivity contribution >= 4 is 23.9 Å². The molecule has 2 heterocycles. The molecule has 1 aromatic carbocycles. The van der Waals surface area contributed by atoms with Gasteiger partial charge in [-0.15, -0.1) is 0 Å². The zero-order chi connectivity index (χ0) is 17.6. The Bertz CT molecular complexity index is 767.